The SMILES string of the molecule is CCCN(CCC)CCCN=C(N)Nc1ccc(OC)c(OC)c1. The van der Waals surface area contributed by atoms with Crippen molar-refractivity contribution in [3.63, 3.8) is 0 Å². The van der Waals surface area contributed by atoms with Gasteiger partial charge in [-0.05, 0) is 51.0 Å². The number of methoxy groups -OCH3 is 2. The Morgan fingerprint density at radius 1 is 1.08 bits per heavy atom. The molecule has 24 heavy (non-hydrogen) atoms. The van der Waals surface area contributed by atoms with Crippen molar-refractivity contribution in [2.45, 2.75) is 33.1 Å². The lowest BCUT2D eigenvalue weighted by Crippen LogP contribution is -2.27. The smallest absolute Gasteiger partial charge is 0.193 e. The standard InChI is InChI=1S/C18H32N4O2/c1-5-11-22(12-6-2)13-7-10-20-18(19)21-15-8-9-16(23-3)17(14-15)24-4/h8-9,14H,5-7,10-13H2,1-4H3,(H3,19,20,21). The molecule has 1 aromatic rings. The fourth-order valence-corrected chi connectivity index (χ4v) is 2.56. The van der Waals surface area contributed by atoms with Crippen LogP contribution in [0.25, 0.3) is 0 Å². The summed E-state index contributed by atoms with van der Waals surface area (Å²) in [5.41, 5.74) is 6.78. The Kier molecular flexibility index (Phi) is 9.68. The number of benzene rings is 1. The summed E-state index contributed by atoms with van der Waals surface area (Å²) in [6, 6.07) is 5.56. The predicted molar refractivity (Wildman–Crippen MR) is 101 cm³/mol. The second-order valence-corrected chi connectivity index (χ2v) is 5.66. The van der Waals surface area contributed by atoms with E-state index < -0.39 is 0 Å². The van der Waals surface area contributed by atoms with Gasteiger partial charge in [-0.3, -0.25) is 4.99 Å². The molecule has 0 heterocycles. The summed E-state index contributed by atoms with van der Waals surface area (Å²) in [7, 11) is 3.22. The summed E-state index contributed by atoms with van der Waals surface area (Å²) in [6.07, 6.45) is 3.38. The van der Waals surface area contributed by atoms with E-state index in [1.54, 1.807) is 14.2 Å². The first kappa shape index (κ1) is 20.1. The summed E-state index contributed by atoms with van der Waals surface area (Å²) in [5.74, 6) is 1.76. The third-order valence-corrected chi connectivity index (χ3v) is 3.65. The van der Waals surface area contributed by atoms with Crippen molar-refractivity contribution < 1.29 is 9.47 Å². The number of hydrogen-bond acceptors (Lipinski definition) is 4. The van der Waals surface area contributed by atoms with Crippen LogP contribution >= 0.6 is 0 Å². The van der Waals surface area contributed by atoms with Gasteiger partial charge in [0.05, 0.1) is 14.2 Å². The Labute approximate surface area is 146 Å². The van der Waals surface area contributed by atoms with Crippen molar-refractivity contribution in [1.82, 2.24) is 4.90 Å². The van der Waals surface area contributed by atoms with E-state index in [9.17, 15) is 0 Å². The molecular weight excluding hydrogens is 304 g/mol. The third-order valence-electron chi connectivity index (χ3n) is 3.65. The average molecular weight is 336 g/mol. The number of aliphatic imine (C=N–C) groups is 1. The van der Waals surface area contributed by atoms with Gasteiger partial charge < -0.3 is 25.4 Å². The van der Waals surface area contributed by atoms with Gasteiger partial charge in [0.15, 0.2) is 17.5 Å². The van der Waals surface area contributed by atoms with Crippen LogP contribution in [-0.4, -0.2) is 51.3 Å². The lowest BCUT2D eigenvalue weighted by molar-refractivity contribution is 0.273. The molecule has 136 valence electrons. The number of nitrogens with two attached hydrogens (primary N) is 1. The molecule has 0 amide bonds. The molecule has 6 nitrogen and oxygen atoms in total. The zero-order valence-electron chi connectivity index (χ0n) is 15.5. The van der Waals surface area contributed by atoms with Crippen molar-refractivity contribution in [2.75, 3.05) is 45.7 Å². The highest BCUT2D eigenvalue weighted by Crippen LogP contribution is 2.29. The van der Waals surface area contributed by atoms with Crippen LogP contribution in [0.4, 0.5) is 5.69 Å². The largest absolute Gasteiger partial charge is 0.493 e. The van der Waals surface area contributed by atoms with Gasteiger partial charge in [-0.15, -0.1) is 0 Å². The van der Waals surface area contributed by atoms with Crippen LogP contribution in [0.15, 0.2) is 23.2 Å². The molecule has 0 atom stereocenters. The maximum atomic E-state index is 5.96. The van der Waals surface area contributed by atoms with E-state index in [0.29, 0.717) is 17.5 Å². The number of guanidine groups is 1. The number of nitrogens with one attached hydrogen (secondary N) is 1. The van der Waals surface area contributed by atoms with Gasteiger partial charge >= 0.3 is 0 Å². The van der Waals surface area contributed by atoms with Crippen molar-refractivity contribution >= 4 is 11.6 Å². The van der Waals surface area contributed by atoms with E-state index in [0.717, 1.165) is 38.3 Å². The van der Waals surface area contributed by atoms with Crippen molar-refractivity contribution in [3.8, 4) is 11.5 Å². The maximum absolute atomic E-state index is 5.96. The van der Waals surface area contributed by atoms with Crippen LogP contribution in [0.3, 0.4) is 0 Å². The summed E-state index contributed by atoms with van der Waals surface area (Å²) >= 11 is 0. The zero-order chi connectivity index (χ0) is 17.8. The molecule has 1 aromatic carbocycles. The fraction of sp³-hybridized carbons (Fsp3) is 0.611. The van der Waals surface area contributed by atoms with E-state index in [1.807, 2.05) is 18.2 Å². The van der Waals surface area contributed by atoms with Gasteiger partial charge in [0.1, 0.15) is 0 Å². The van der Waals surface area contributed by atoms with Crippen molar-refractivity contribution in [1.29, 1.82) is 0 Å². The van der Waals surface area contributed by atoms with Crippen LogP contribution in [0.2, 0.25) is 0 Å². The van der Waals surface area contributed by atoms with E-state index >= 15 is 0 Å². The van der Waals surface area contributed by atoms with E-state index in [-0.39, 0.29) is 0 Å². The van der Waals surface area contributed by atoms with Crippen molar-refractivity contribution in [2.24, 2.45) is 10.7 Å². The van der Waals surface area contributed by atoms with Gasteiger partial charge in [-0.25, -0.2) is 0 Å². The molecule has 1 rings (SSSR count). The van der Waals surface area contributed by atoms with Crippen LogP contribution in [0, 0.1) is 0 Å². The van der Waals surface area contributed by atoms with Gasteiger partial charge in [-0.2, -0.15) is 0 Å². The third kappa shape index (κ3) is 7.08. The minimum absolute atomic E-state index is 0.416. The topological polar surface area (TPSA) is 72.1 Å². The molecule has 0 unspecified atom stereocenters. The van der Waals surface area contributed by atoms with Gasteiger partial charge in [0, 0.05) is 18.3 Å². The lowest BCUT2D eigenvalue weighted by Gasteiger charge is -2.20. The fourth-order valence-electron chi connectivity index (χ4n) is 2.56. The van der Waals surface area contributed by atoms with E-state index in [1.165, 1.54) is 12.8 Å². The summed E-state index contributed by atoms with van der Waals surface area (Å²) < 4.78 is 10.5. The monoisotopic (exact) mass is 336 g/mol. The molecule has 0 bridgehead atoms. The minimum Gasteiger partial charge on any atom is -0.493 e. The van der Waals surface area contributed by atoms with Crippen LogP contribution < -0.4 is 20.5 Å². The molecule has 0 saturated heterocycles. The molecule has 0 saturated carbocycles. The minimum atomic E-state index is 0.416. The normalized spacial score (nSPS) is 11.6. The molecular formula is C18H32N4O2. The Bertz CT molecular complexity index is 500. The quantitative estimate of drug-likeness (QED) is 0.369. The maximum Gasteiger partial charge on any atom is 0.193 e. The first-order chi connectivity index (χ1) is 11.6. The summed E-state index contributed by atoms with van der Waals surface area (Å²) in [5, 5.41) is 3.08. The summed E-state index contributed by atoms with van der Waals surface area (Å²) in [4.78, 5) is 6.87. The Hall–Kier alpha value is -1.95. The summed E-state index contributed by atoms with van der Waals surface area (Å²) in [6.45, 7) is 8.51. The number of nitrogens with zero attached hydrogens (tertiary/aromatic N) is 2. The van der Waals surface area contributed by atoms with Gasteiger partial charge in [0.25, 0.3) is 0 Å². The Morgan fingerprint density at radius 2 is 1.75 bits per heavy atom. The molecule has 0 aliphatic carbocycles. The molecule has 0 aliphatic rings. The first-order valence-corrected chi connectivity index (χ1v) is 8.65. The second kappa shape index (κ2) is 11.6. The molecule has 0 aliphatic heterocycles. The number of hydrogen-bond donors (Lipinski definition) is 2. The molecule has 3 N–H and O–H groups in total. The number of anilines is 1. The predicted octanol–water partition coefficient (Wildman–Crippen LogP) is 2.94. The molecule has 0 aromatic heterocycles. The molecule has 0 spiro atoms. The van der Waals surface area contributed by atoms with Crippen LogP contribution in [-0.2, 0) is 0 Å². The molecule has 0 radical (unpaired) electrons. The van der Waals surface area contributed by atoms with Gasteiger partial charge in [0.2, 0.25) is 0 Å². The van der Waals surface area contributed by atoms with Gasteiger partial charge in [-0.1, -0.05) is 13.8 Å². The highest BCUT2D eigenvalue weighted by atomic mass is 16.5. The Balaban J connectivity index is 2.46. The number of ether oxygens (including phenoxy) is 2. The number of rotatable bonds is 11. The second-order valence-electron chi connectivity index (χ2n) is 5.66. The van der Waals surface area contributed by atoms with E-state index in [2.05, 4.69) is 29.1 Å². The lowest BCUT2D eigenvalue weighted by atomic mass is 10.3. The molecule has 0 fully saturated rings. The van der Waals surface area contributed by atoms with E-state index in [4.69, 9.17) is 15.2 Å². The highest BCUT2D eigenvalue weighted by molar-refractivity contribution is 5.92. The van der Waals surface area contributed by atoms with Crippen LogP contribution in [0.1, 0.15) is 33.1 Å². The Morgan fingerprint density at radius 3 is 2.33 bits per heavy atom. The molecule has 6 heteroatoms. The van der Waals surface area contributed by atoms with Crippen LogP contribution in [0.5, 0.6) is 11.5 Å². The average Bonchev–Trinajstić information content (AvgIpc) is 2.58. The van der Waals surface area contributed by atoms with Crippen molar-refractivity contribution in [3.05, 3.63) is 18.2 Å². The first-order valence-electron chi connectivity index (χ1n) is 8.65. The highest BCUT2D eigenvalue weighted by Gasteiger charge is 2.05. The zero-order valence-corrected chi connectivity index (χ0v) is 15.5.